The Labute approximate surface area is 202 Å². The normalized spacial score (nSPS) is 11.4. The van der Waals surface area contributed by atoms with Crippen LogP contribution in [0.25, 0.3) is 5.57 Å². The van der Waals surface area contributed by atoms with Crippen LogP contribution in [0.5, 0.6) is 11.5 Å². The second-order valence-corrected chi connectivity index (χ2v) is 7.87. The lowest BCUT2D eigenvalue weighted by Gasteiger charge is -2.15. The predicted octanol–water partition coefficient (Wildman–Crippen LogP) is 6.06. The van der Waals surface area contributed by atoms with Gasteiger partial charge in [0.1, 0.15) is 11.5 Å². The van der Waals surface area contributed by atoms with Gasteiger partial charge in [0, 0.05) is 17.6 Å². The molecule has 0 fully saturated rings. The van der Waals surface area contributed by atoms with Crippen molar-refractivity contribution < 1.29 is 23.8 Å². The van der Waals surface area contributed by atoms with Crippen molar-refractivity contribution in [2.45, 2.75) is 6.42 Å². The summed E-state index contributed by atoms with van der Waals surface area (Å²) in [6.45, 7) is 0. The number of allylic oxidation sites excluding steroid dienone is 1. The number of carbonyl (C=O) groups is 2. The number of hydrogen-bond acceptors (Lipinski definition) is 5. The van der Waals surface area contributed by atoms with Crippen molar-refractivity contribution in [3.63, 3.8) is 0 Å². The van der Waals surface area contributed by atoms with Crippen LogP contribution in [0.3, 0.4) is 0 Å². The number of hydrogen-bond donors (Lipinski definition) is 0. The molecule has 0 aromatic heterocycles. The van der Waals surface area contributed by atoms with Crippen LogP contribution in [0.1, 0.15) is 21.5 Å². The molecular weight excluding hydrogens is 463 g/mol. The van der Waals surface area contributed by atoms with E-state index in [2.05, 4.69) is 0 Å². The molecule has 0 bridgehead atoms. The molecule has 170 valence electrons. The number of carbonyl (C=O) groups excluding carboxylic acids is 2. The standard InChI is InChI=1S/C26H22Cl2O5/c1-31-19-9-4-16(5-10-19)14-21(25(29)17-6-11-20(32-2)12-7-17)24(26(30)33-3)18-8-13-22(27)23(28)15-18/h4-13,15H,14H2,1-3H3/b24-21-. The third-order valence-corrected chi connectivity index (χ3v) is 5.80. The third kappa shape index (κ3) is 5.75. The number of Topliss-reactive ketones (excluding diaryl/α,β-unsaturated/α-hetero) is 1. The molecule has 0 amide bonds. The summed E-state index contributed by atoms with van der Waals surface area (Å²) >= 11 is 12.3. The number of ether oxygens (including phenoxy) is 3. The molecule has 3 aromatic rings. The number of ketones is 1. The van der Waals surface area contributed by atoms with Crippen LogP contribution >= 0.6 is 23.2 Å². The lowest BCUT2D eigenvalue weighted by atomic mass is 9.89. The average molecular weight is 485 g/mol. The molecule has 33 heavy (non-hydrogen) atoms. The molecule has 0 N–H and O–H groups in total. The largest absolute Gasteiger partial charge is 0.497 e. The van der Waals surface area contributed by atoms with Crippen molar-refractivity contribution in [2.24, 2.45) is 0 Å². The van der Waals surface area contributed by atoms with E-state index in [9.17, 15) is 9.59 Å². The van der Waals surface area contributed by atoms with Crippen LogP contribution in [-0.4, -0.2) is 33.1 Å². The van der Waals surface area contributed by atoms with Gasteiger partial charge in [0.25, 0.3) is 0 Å². The van der Waals surface area contributed by atoms with Gasteiger partial charge in [-0.2, -0.15) is 0 Å². The summed E-state index contributed by atoms with van der Waals surface area (Å²) in [6, 6.07) is 18.7. The molecule has 0 spiro atoms. The molecule has 7 heteroatoms. The number of rotatable bonds is 8. The Balaban J connectivity index is 2.21. The van der Waals surface area contributed by atoms with Crippen LogP contribution < -0.4 is 9.47 Å². The zero-order chi connectivity index (χ0) is 24.0. The Morgan fingerprint density at radius 3 is 1.79 bits per heavy atom. The smallest absolute Gasteiger partial charge is 0.338 e. The minimum absolute atomic E-state index is 0.118. The molecule has 0 aliphatic rings. The van der Waals surface area contributed by atoms with Gasteiger partial charge < -0.3 is 14.2 Å². The second kappa shape index (κ2) is 11.0. The highest BCUT2D eigenvalue weighted by molar-refractivity contribution is 6.42. The number of benzene rings is 3. The van der Waals surface area contributed by atoms with Gasteiger partial charge in [0.15, 0.2) is 5.78 Å². The zero-order valence-electron chi connectivity index (χ0n) is 18.4. The highest BCUT2D eigenvalue weighted by atomic mass is 35.5. The van der Waals surface area contributed by atoms with E-state index in [4.69, 9.17) is 37.4 Å². The van der Waals surface area contributed by atoms with E-state index in [-0.39, 0.29) is 28.4 Å². The van der Waals surface area contributed by atoms with Crippen molar-refractivity contribution in [1.29, 1.82) is 0 Å². The summed E-state index contributed by atoms with van der Waals surface area (Å²) in [5.41, 5.74) is 2.03. The first kappa shape index (κ1) is 24.4. The van der Waals surface area contributed by atoms with Gasteiger partial charge in [0.2, 0.25) is 0 Å². The van der Waals surface area contributed by atoms with Gasteiger partial charge in [0.05, 0.1) is 36.9 Å². The van der Waals surface area contributed by atoms with Gasteiger partial charge in [-0.25, -0.2) is 4.79 Å². The maximum absolute atomic E-state index is 13.7. The van der Waals surface area contributed by atoms with Crippen LogP contribution in [0, 0.1) is 0 Å². The summed E-state index contributed by atoms with van der Waals surface area (Å²) < 4.78 is 15.5. The fourth-order valence-corrected chi connectivity index (χ4v) is 3.61. The Kier molecular flexibility index (Phi) is 8.15. The molecule has 0 heterocycles. The van der Waals surface area contributed by atoms with E-state index in [1.807, 2.05) is 12.1 Å². The molecule has 0 radical (unpaired) electrons. The van der Waals surface area contributed by atoms with Gasteiger partial charge in [-0.1, -0.05) is 41.4 Å². The van der Waals surface area contributed by atoms with E-state index < -0.39 is 5.97 Å². The molecule has 0 atom stereocenters. The lowest BCUT2D eigenvalue weighted by Crippen LogP contribution is -2.15. The average Bonchev–Trinajstić information content (AvgIpc) is 2.85. The molecule has 5 nitrogen and oxygen atoms in total. The van der Waals surface area contributed by atoms with Crippen LogP contribution in [0.2, 0.25) is 10.0 Å². The second-order valence-electron chi connectivity index (χ2n) is 7.06. The zero-order valence-corrected chi connectivity index (χ0v) is 19.9. The van der Waals surface area contributed by atoms with E-state index in [0.29, 0.717) is 27.6 Å². The van der Waals surface area contributed by atoms with Crippen LogP contribution in [0.15, 0.2) is 72.3 Å². The lowest BCUT2D eigenvalue weighted by molar-refractivity contribution is -0.133. The Morgan fingerprint density at radius 1 is 0.727 bits per heavy atom. The summed E-state index contributed by atoms with van der Waals surface area (Å²) in [7, 11) is 4.39. The summed E-state index contributed by atoms with van der Waals surface area (Å²) in [5, 5.41) is 0.596. The third-order valence-electron chi connectivity index (χ3n) is 5.07. The minimum atomic E-state index is -0.654. The number of halogens is 2. The Morgan fingerprint density at radius 2 is 1.27 bits per heavy atom. The van der Waals surface area contributed by atoms with E-state index >= 15 is 0 Å². The highest BCUT2D eigenvalue weighted by Gasteiger charge is 2.25. The van der Waals surface area contributed by atoms with Crippen molar-refractivity contribution in [3.8, 4) is 11.5 Å². The van der Waals surface area contributed by atoms with Crippen LogP contribution in [-0.2, 0) is 16.0 Å². The Bertz CT molecular complexity index is 1180. The molecule has 0 saturated heterocycles. The quantitative estimate of drug-likeness (QED) is 0.220. The van der Waals surface area contributed by atoms with Gasteiger partial charge in [-0.3, -0.25) is 4.79 Å². The first-order valence-electron chi connectivity index (χ1n) is 9.96. The summed E-state index contributed by atoms with van der Waals surface area (Å²) in [5.74, 6) is 0.326. The molecular formula is C26H22Cl2O5. The number of esters is 1. The summed E-state index contributed by atoms with van der Waals surface area (Å²) in [4.78, 5) is 26.6. The van der Waals surface area contributed by atoms with Gasteiger partial charge in [-0.05, 0) is 59.7 Å². The number of methoxy groups -OCH3 is 3. The van der Waals surface area contributed by atoms with E-state index in [1.165, 1.54) is 7.11 Å². The molecule has 0 unspecified atom stereocenters. The van der Waals surface area contributed by atoms with Crippen LogP contribution in [0.4, 0.5) is 0 Å². The van der Waals surface area contributed by atoms with Crippen molar-refractivity contribution in [2.75, 3.05) is 21.3 Å². The molecule has 0 aliphatic carbocycles. The predicted molar refractivity (Wildman–Crippen MR) is 129 cm³/mol. The maximum Gasteiger partial charge on any atom is 0.338 e. The maximum atomic E-state index is 13.7. The first-order valence-corrected chi connectivity index (χ1v) is 10.7. The molecule has 3 rings (SSSR count). The van der Waals surface area contributed by atoms with E-state index in [1.54, 1.807) is 68.8 Å². The monoisotopic (exact) mass is 484 g/mol. The van der Waals surface area contributed by atoms with Crippen molar-refractivity contribution >= 4 is 40.5 Å². The van der Waals surface area contributed by atoms with Gasteiger partial charge in [-0.15, -0.1) is 0 Å². The SMILES string of the molecule is COC(=O)/C(=C(/Cc1ccc(OC)cc1)C(=O)c1ccc(OC)cc1)c1ccc(Cl)c(Cl)c1. The molecule has 0 aliphatic heterocycles. The minimum Gasteiger partial charge on any atom is -0.497 e. The molecule has 3 aromatic carbocycles. The topological polar surface area (TPSA) is 61.8 Å². The highest BCUT2D eigenvalue weighted by Crippen LogP contribution is 2.31. The molecule has 0 saturated carbocycles. The van der Waals surface area contributed by atoms with Gasteiger partial charge >= 0.3 is 5.97 Å². The fraction of sp³-hybridized carbons (Fsp3) is 0.154. The van der Waals surface area contributed by atoms with Crippen molar-refractivity contribution in [3.05, 3.63) is 99.0 Å². The first-order chi connectivity index (χ1) is 15.9. The fourth-order valence-electron chi connectivity index (χ4n) is 3.32. The van der Waals surface area contributed by atoms with E-state index in [0.717, 1.165) is 5.56 Å². The van der Waals surface area contributed by atoms with Crippen molar-refractivity contribution in [1.82, 2.24) is 0 Å². The summed E-state index contributed by atoms with van der Waals surface area (Å²) in [6.07, 6.45) is 0.180. The Hall–Kier alpha value is -3.28.